The molecule has 5 nitrogen and oxygen atoms in total. The van der Waals surface area contributed by atoms with Gasteiger partial charge < -0.3 is 10.6 Å². The maximum absolute atomic E-state index is 4.79. The lowest BCUT2D eigenvalue weighted by Gasteiger charge is -2.34. The Hall–Kier alpha value is -3.02. The zero-order valence-electron chi connectivity index (χ0n) is 19.1. The highest BCUT2D eigenvalue weighted by molar-refractivity contribution is 5.73. The molecule has 32 heavy (non-hydrogen) atoms. The van der Waals surface area contributed by atoms with E-state index in [1.165, 1.54) is 28.8 Å². The van der Waals surface area contributed by atoms with E-state index < -0.39 is 0 Å². The van der Waals surface area contributed by atoms with Crippen LogP contribution in [-0.2, 0) is 19.5 Å². The fraction of sp³-hybridized carbons (Fsp3) is 0.333. The van der Waals surface area contributed by atoms with Gasteiger partial charge >= 0.3 is 0 Å². The quantitative estimate of drug-likeness (QED) is 0.465. The van der Waals surface area contributed by atoms with Crippen LogP contribution in [0.4, 0.5) is 11.4 Å². The van der Waals surface area contributed by atoms with E-state index in [4.69, 9.17) is 9.98 Å². The summed E-state index contributed by atoms with van der Waals surface area (Å²) in [4.78, 5) is 12.1. The predicted molar refractivity (Wildman–Crippen MR) is 134 cm³/mol. The summed E-state index contributed by atoms with van der Waals surface area (Å²) in [7, 11) is 3.91. The van der Waals surface area contributed by atoms with Crippen LogP contribution in [0.1, 0.15) is 41.3 Å². The first-order chi connectivity index (χ1) is 15.8. The molecule has 2 aromatic carbocycles. The maximum Gasteiger partial charge on any atom is 0.0857 e. The molecule has 0 bridgehead atoms. The summed E-state index contributed by atoms with van der Waals surface area (Å²) in [6.45, 7) is 2.54. The molecule has 0 saturated heterocycles. The Labute approximate surface area is 191 Å². The molecular formula is C27H33N5. The molecule has 166 valence electrons. The van der Waals surface area contributed by atoms with Crippen LogP contribution in [0.5, 0.6) is 0 Å². The van der Waals surface area contributed by atoms with Crippen molar-refractivity contribution in [1.29, 1.82) is 0 Å². The van der Waals surface area contributed by atoms with Crippen LogP contribution in [0.15, 0.2) is 71.9 Å². The van der Waals surface area contributed by atoms with Gasteiger partial charge in [-0.05, 0) is 61.2 Å². The van der Waals surface area contributed by atoms with Crippen molar-refractivity contribution in [3.05, 3.63) is 89.2 Å². The maximum atomic E-state index is 4.79. The summed E-state index contributed by atoms with van der Waals surface area (Å²) in [5, 5.41) is 6.44. The van der Waals surface area contributed by atoms with E-state index in [1.54, 1.807) is 0 Å². The van der Waals surface area contributed by atoms with Crippen LogP contribution in [0.2, 0.25) is 0 Å². The minimum Gasteiger partial charge on any atom is -0.386 e. The third-order valence-corrected chi connectivity index (χ3v) is 6.12. The van der Waals surface area contributed by atoms with Crippen molar-refractivity contribution in [1.82, 2.24) is 15.2 Å². The molecule has 0 spiro atoms. The molecule has 1 aromatic heterocycles. The van der Waals surface area contributed by atoms with Gasteiger partial charge in [0.15, 0.2) is 0 Å². The molecule has 0 aliphatic heterocycles. The first kappa shape index (κ1) is 22.2. The molecule has 1 unspecified atom stereocenters. The van der Waals surface area contributed by atoms with Gasteiger partial charge in [-0.1, -0.05) is 42.5 Å². The Morgan fingerprint density at radius 1 is 1.03 bits per heavy atom. The Morgan fingerprint density at radius 2 is 1.84 bits per heavy atom. The number of hydrogen-bond donors (Lipinski definition) is 2. The number of pyridine rings is 1. The van der Waals surface area contributed by atoms with E-state index in [2.05, 4.69) is 58.0 Å². The molecule has 4 rings (SSSR count). The number of hydrogen-bond acceptors (Lipinski definition) is 5. The molecule has 0 radical (unpaired) electrons. The normalized spacial score (nSPS) is 15.8. The minimum absolute atomic E-state index is 0.308. The van der Waals surface area contributed by atoms with Gasteiger partial charge in [0.25, 0.3) is 0 Å². The van der Waals surface area contributed by atoms with Crippen LogP contribution < -0.4 is 10.6 Å². The monoisotopic (exact) mass is 427 g/mol. The lowest BCUT2D eigenvalue weighted by molar-refractivity contribution is 0.193. The number of aromatic nitrogens is 1. The number of nitrogens with one attached hydrogen (secondary N) is 2. The van der Waals surface area contributed by atoms with Crippen molar-refractivity contribution >= 4 is 17.6 Å². The van der Waals surface area contributed by atoms with Crippen LogP contribution in [-0.4, -0.2) is 36.7 Å². The van der Waals surface area contributed by atoms with E-state index in [9.17, 15) is 0 Å². The standard InChI is InChI=1S/C27H33N5/c1-28-19-21-12-14-22(15-13-21)20-32(18-17-30-25-10-4-3-9-24(25)29-2)26-11-5-7-23-8-6-16-31-27(23)26/h3-4,6,8-10,12-17,26,28-29H,5,7,11,18-20H2,1-2H3. The highest BCUT2D eigenvalue weighted by Gasteiger charge is 2.26. The lowest BCUT2D eigenvalue weighted by atomic mass is 9.90. The number of aliphatic imine (C=N–C) groups is 1. The molecule has 5 heteroatoms. The van der Waals surface area contributed by atoms with Crippen molar-refractivity contribution in [2.75, 3.05) is 26.0 Å². The van der Waals surface area contributed by atoms with Crippen LogP contribution >= 0.6 is 0 Å². The fourth-order valence-electron chi connectivity index (χ4n) is 4.49. The molecule has 2 N–H and O–H groups in total. The summed E-state index contributed by atoms with van der Waals surface area (Å²) >= 11 is 0. The first-order valence-corrected chi connectivity index (χ1v) is 11.5. The number of anilines is 1. The first-order valence-electron chi connectivity index (χ1n) is 11.5. The predicted octanol–water partition coefficient (Wildman–Crippen LogP) is 5.12. The fourth-order valence-corrected chi connectivity index (χ4v) is 4.49. The van der Waals surface area contributed by atoms with Gasteiger partial charge in [-0.2, -0.15) is 0 Å². The zero-order chi connectivity index (χ0) is 22.2. The Kier molecular flexibility index (Phi) is 7.64. The van der Waals surface area contributed by atoms with Gasteiger partial charge in [0.05, 0.1) is 23.1 Å². The molecule has 0 amide bonds. The highest BCUT2D eigenvalue weighted by atomic mass is 15.2. The second kappa shape index (κ2) is 11.0. The molecule has 1 heterocycles. The number of benzene rings is 2. The van der Waals surface area contributed by atoms with Crippen molar-refractivity contribution in [2.45, 2.75) is 38.4 Å². The average molecular weight is 428 g/mol. The van der Waals surface area contributed by atoms with E-state index >= 15 is 0 Å². The van der Waals surface area contributed by atoms with Crippen LogP contribution in [0.3, 0.4) is 0 Å². The van der Waals surface area contributed by atoms with Crippen LogP contribution in [0, 0.1) is 0 Å². The van der Waals surface area contributed by atoms with E-state index in [0.29, 0.717) is 6.04 Å². The summed E-state index contributed by atoms with van der Waals surface area (Å²) < 4.78 is 0. The minimum atomic E-state index is 0.308. The smallest absolute Gasteiger partial charge is 0.0857 e. The summed E-state index contributed by atoms with van der Waals surface area (Å²) in [5.74, 6) is 0. The highest BCUT2D eigenvalue weighted by Crippen LogP contribution is 2.33. The summed E-state index contributed by atoms with van der Waals surface area (Å²) in [6.07, 6.45) is 7.42. The van der Waals surface area contributed by atoms with E-state index in [1.807, 2.05) is 44.7 Å². The Bertz CT molecular complexity index is 1030. The summed E-state index contributed by atoms with van der Waals surface area (Å²) in [5.41, 5.74) is 7.24. The van der Waals surface area contributed by atoms with Crippen molar-refractivity contribution in [3.63, 3.8) is 0 Å². The third kappa shape index (κ3) is 5.42. The molecule has 1 aliphatic rings. The van der Waals surface area contributed by atoms with E-state index in [0.717, 1.165) is 43.9 Å². The zero-order valence-corrected chi connectivity index (χ0v) is 19.1. The van der Waals surface area contributed by atoms with Crippen molar-refractivity contribution in [3.8, 4) is 0 Å². The van der Waals surface area contributed by atoms with Gasteiger partial charge in [0.1, 0.15) is 0 Å². The van der Waals surface area contributed by atoms with Crippen molar-refractivity contribution in [2.24, 2.45) is 4.99 Å². The molecule has 1 aliphatic carbocycles. The molecule has 1 atom stereocenters. The van der Waals surface area contributed by atoms with Gasteiger partial charge in [-0.15, -0.1) is 0 Å². The molecule has 3 aromatic rings. The second-order valence-corrected chi connectivity index (χ2v) is 8.31. The number of nitrogens with zero attached hydrogens (tertiary/aromatic N) is 3. The van der Waals surface area contributed by atoms with Crippen molar-refractivity contribution < 1.29 is 0 Å². The molecular weight excluding hydrogens is 394 g/mol. The van der Waals surface area contributed by atoms with E-state index in [-0.39, 0.29) is 0 Å². The van der Waals surface area contributed by atoms with Crippen LogP contribution in [0.25, 0.3) is 0 Å². The van der Waals surface area contributed by atoms with Gasteiger partial charge in [-0.25, -0.2) is 0 Å². The summed E-state index contributed by atoms with van der Waals surface area (Å²) in [6, 6.07) is 21.7. The lowest BCUT2D eigenvalue weighted by Crippen LogP contribution is -2.33. The SMILES string of the molecule is CNCc1ccc(CN(CC=Nc2ccccc2NC)C2CCCc3cccnc32)cc1. The third-order valence-electron chi connectivity index (χ3n) is 6.12. The number of rotatable bonds is 9. The average Bonchev–Trinajstić information content (AvgIpc) is 2.84. The molecule has 0 fully saturated rings. The van der Waals surface area contributed by atoms with Gasteiger partial charge in [0.2, 0.25) is 0 Å². The number of aryl methyl sites for hydroxylation is 1. The largest absolute Gasteiger partial charge is 0.386 e. The van der Waals surface area contributed by atoms with Gasteiger partial charge in [0, 0.05) is 39.1 Å². The topological polar surface area (TPSA) is 52.5 Å². The van der Waals surface area contributed by atoms with Gasteiger partial charge in [-0.3, -0.25) is 14.9 Å². The Balaban J connectivity index is 1.57. The number of para-hydroxylation sites is 2. The number of fused-ring (bicyclic) bond motifs is 1. The Morgan fingerprint density at radius 3 is 2.66 bits per heavy atom. The molecule has 0 saturated carbocycles. The second-order valence-electron chi connectivity index (χ2n) is 8.31.